The number of amides is 1. The fourth-order valence-corrected chi connectivity index (χ4v) is 2.28. The van der Waals surface area contributed by atoms with E-state index in [0.717, 1.165) is 16.7 Å². The van der Waals surface area contributed by atoms with Crippen LogP contribution in [0.3, 0.4) is 0 Å². The first-order valence-corrected chi connectivity index (χ1v) is 7.25. The van der Waals surface area contributed by atoms with Crippen LogP contribution in [-0.4, -0.2) is 10.9 Å². The summed E-state index contributed by atoms with van der Waals surface area (Å²) < 4.78 is 13.1. The molecule has 1 aromatic heterocycles. The fourth-order valence-electron chi connectivity index (χ4n) is 2.28. The van der Waals surface area contributed by atoms with E-state index in [1.807, 2.05) is 24.3 Å². The van der Waals surface area contributed by atoms with Crippen molar-refractivity contribution in [2.75, 3.05) is 0 Å². The van der Waals surface area contributed by atoms with E-state index in [9.17, 15) is 9.18 Å². The highest BCUT2D eigenvalue weighted by atomic mass is 19.1. The van der Waals surface area contributed by atoms with Crippen molar-refractivity contribution >= 4 is 5.91 Å². The molecular weight excluding hydrogens is 291 g/mol. The smallest absolute Gasteiger partial charge is 0.251 e. The molecule has 0 aliphatic heterocycles. The molecule has 4 heteroatoms. The molecule has 23 heavy (non-hydrogen) atoms. The summed E-state index contributed by atoms with van der Waals surface area (Å²) in [6.45, 7) is 0.293. The minimum atomic E-state index is -0.308. The number of halogens is 1. The zero-order valence-electron chi connectivity index (χ0n) is 12.4. The van der Waals surface area contributed by atoms with Crippen LogP contribution < -0.4 is 5.32 Å². The van der Waals surface area contributed by atoms with Crippen molar-refractivity contribution in [3.05, 3.63) is 90.0 Å². The predicted octanol–water partition coefficient (Wildman–Crippen LogP) is 3.82. The average Bonchev–Trinajstić information content (AvgIpc) is 2.61. The van der Waals surface area contributed by atoms with Gasteiger partial charge in [0, 0.05) is 24.5 Å². The van der Waals surface area contributed by atoms with Crippen LogP contribution in [0.2, 0.25) is 0 Å². The standard InChI is InChI=1S/C19H15FN2O/c20-18-5-1-3-14(11-18)12-22-19(23)16-8-6-15(7-9-16)17-4-2-10-21-13-17/h1-11,13H,12H2,(H,22,23). The zero-order valence-corrected chi connectivity index (χ0v) is 12.4. The molecule has 0 fully saturated rings. The Morgan fingerprint density at radius 1 is 1.00 bits per heavy atom. The average molecular weight is 306 g/mol. The number of nitrogens with zero attached hydrogens (tertiary/aromatic N) is 1. The summed E-state index contributed by atoms with van der Waals surface area (Å²) in [5.74, 6) is -0.496. The van der Waals surface area contributed by atoms with Crippen LogP contribution >= 0.6 is 0 Å². The van der Waals surface area contributed by atoms with Crippen molar-refractivity contribution < 1.29 is 9.18 Å². The van der Waals surface area contributed by atoms with Crippen LogP contribution in [0.4, 0.5) is 4.39 Å². The second-order valence-electron chi connectivity index (χ2n) is 5.13. The van der Waals surface area contributed by atoms with Gasteiger partial charge >= 0.3 is 0 Å². The minimum Gasteiger partial charge on any atom is -0.348 e. The van der Waals surface area contributed by atoms with Crippen LogP contribution in [0.15, 0.2) is 73.1 Å². The van der Waals surface area contributed by atoms with Crippen molar-refractivity contribution in [1.82, 2.24) is 10.3 Å². The number of benzene rings is 2. The lowest BCUT2D eigenvalue weighted by Gasteiger charge is -2.07. The predicted molar refractivity (Wildman–Crippen MR) is 87.2 cm³/mol. The number of nitrogens with one attached hydrogen (secondary N) is 1. The molecule has 0 saturated carbocycles. The summed E-state index contributed by atoms with van der Waals surface area (Å²) >= 11 is 0. The first kappa shape index (κ1) is 14.9. The number of carbonyl (C=O) groups excluding carboxylic acids is 1. The Bertz CT molecular complexity index is 801. The number of hydrogen-bond donors (Lipinski definition) is 1. The Morgan fingerprint density at radius 2 is 1.83 bits per heavy atom. The molecule has 0 aliphatic carbocycles. The van der Waals surface area contributed by atoms with Gasteiger partial charge in [-0.25, -0.2) is 4.39 Å². The Labute approximate surface area is 133 Å². The van der Waals surface area contributed by atoms with Crippen molar-refractivity contribution in [2.24, 2.45) is 0 Å². The maximum Gasteiger partial charge on any atom is 0.251 e. The van der Waals surface area contributed by atoms with E-state index in [2.05, 4.69) is 10.3 Å². The highest BCUT2D eigenvalue weighted by molar-refractivity contribution is 5.94. The molecular formula is C19H15FN2O. The molecule has 0 radical (unpaired) electrons. The summed E-state index contributed by atoms with van der Waals surface area (Å²) in [4.78, 5) is 16.2. The van der Waals surface area contributed by atoms with Gasteiger partial charge in [-0.05, 0) is 47.0 Å². The number of rotatable bonds is 4. The summed E-state index contributed by atoms with van der Waals surface area (Å²) in [7, 11) is 0. The van der Waals surface area contributed by atoms with E-state index in [0.29, 0.717) is 12.1 Å². The summed E-state index contributed by atoms with van der Waals surface area (Å²) in [5.41, 5.74) is 3.29. The van der Waals surface area contributed by atoms with E-state index in [4.69, 9.17) is 0 Å². The lowest BCUT2D eigenvalue weighted by Crippen LogP contribution is -2.22. The number of aromatic nitrogens is 1. The van der Waals surface area contributed by atoms with Crippen molar-refractivity contribution in [2.45, 2.75) is 6.54 Å². The summed E-state index contributed by atoms with van der Waals surface area (Å²) in [6, 6.07) is 17.3. The molecule has 3 nitrogen and oxygen atoms in total. The van der Waals surface area contributed by atoms with Crippen molar-refractivity contribution in [3.63, 3.8) is 0 Å². The van der Waals surface area contributed by atoms with Gasteiger partial charge in [0.1, 0.15) is 5.82 Å². The third kappa shape index (κ3) is 3.80. The second kappa shape index (κ2) is 6.83. The van der Waals surface area contributed by atoms with E-state index >= 15 is 0 Å². The van der Waals surface area contributed by atoms with Gasteiger partial charge in [-0.3, -0.25) is 9.78 Å². The first-order valence-electron chi connectivity index (χ1n) is 7.25. The molecule has 1 heterocycles. The number of pyridine rings is 1. The molecule has 0 saturated heterocycles. The third-order valence-electron chi connectivity index (χ3n) is 3.48. The van der Waals surface area contributed by atoms with Gasteiger partial charge in [-0.2, -0.15) is 0 Å². The molecule has 0 atom stereocenters. The molecule has 3 rings (SSSR count). The van der Waals surface area contributed by atoms with E-state index in [1.54, 1.807) is 36.7 Å². The van der Waals surface area contributed by atoms with Gasteiger partial charge in [0.2, 0.25) is 0 Å². The summed E-state index contributed by atoms with van der Waals surface area (Å²) in [5, 5.41) is 2.78. The molecule has 3 aromatic rings. The lowest BCUT2D eigenvalue weighted by molar-refractivity contribution is 0.0951. The fraction of sp³-hybridized carbons (Fsp3) is 0.0526. The van der Waals surface area contributed by atoms with Gasteiger partial charge in [-0.15, -0.1) is 0 Å². The van der Waals surface area contributed by atoms with Crippen molar-refractivity contribution in [1.29, 1.82) is 0 Å². The third-order valence-corrected chi connectivity index (χ3v) is 3.48. The largest absolute Gasteiger partial charge is 0.348 e. The Hall–Kier alpha value is -3.01. The molecule has 0 spiro atoms. The van der Waals surface area contributed by atoms with Gasteiger partial charge in [0.15, 0.2) is 0 Å². The van der Waals surface area contributed by atoms with Crippen LogP contribution in [0.5, 0.6) is 0 Å². The van der Waals surface area contributed by atoms with Gasteiger partial charge in [0.25, 0.3) is 5.91 Å². The highest BCUT2D eigenvalue weighted by Crippen LogP contribution is 2.18. The minimum absolute atomic E-state index is 0.188. The topological polar surface area (TPSA) is 42.0 Å². The Kier molecular flexibility index (Phi) is 4.43. The van der Waals surface area contributed by atoms with Crippen LogP contribution in [-0.2, 0) is 6.54 Å². The van der Waals surface area contributed by atoms with E-state index < -0.39 is 0 Å². The maximum atomic E-state index is 13.1. The number of carbonyl (C=O) groups is 1. The molecule has 0 unspecified atom stereocenters. The van der Waals surface area contributed by atoms with Crippen LogP contribution in [0.1, 0.15) is 15.9 Å². The van der Waals surface area contributed by atoms with Crippen molar-refractivity contribution in [3.8, 4) is 11.1 Å². The molecule has 1 N–H and O–H groups in total. The first-order chi connectivity index (χ1) is 11.2. The second-order valence-corrected chi connectivity index (χ2v) is 5.13. The van der Waals surface area contributed by atoms with Gasteiger partial charge in [-0.1, -0.05) is 30.3 Å². The molecule has 0 bridgehead atoms. The Morgan fingerprint density at radius 3 is 2.52 bits per heavy atom. The van der Waals surface area contributed by atoms with Crippen LogP contribution in [0, 0.1) is 5.82 Å². The lowest BCUT2D eigenvalue weighted by atomic mass is 10.1. The van der Waals surface area contributed by atoms with Gasteiger partial charge in [0.05, 0.1) is 0 Å². The van der Waals surface area contributed by atoms with Crippen LogP contribution in [0.25, 0.3) is 11.1 Å². The molecule has 0 aliphatic rings. The quantitative estimate of drug-likeness (QED) is 0.796. The normalized spacial score (nSPS) is 10.3. The SMILES string of the molecule is O=C(NCc1cccc(F)c1)c1ccc(-c2cccnc2)cc1. The van der Waals surface area contributed by atoms with Gasteiger partial charge < -0.3 is 5.32 Å². The zero-order chi connectivity index (χ0) is 16.1. The van der Waals surface area contributed by atoms with E-state index in [-0.39, 0.29) is 11.7 Å². The monoisotopic (exact) mass is 306 g/mol. The molecule has 2 aromatic carbocycles. The molecule has 114 valence electrons. The highest BCUT2D eigenvalue weighted by Gasteiger charge is 2.06. The number of hydrogen-bond acceptors (Lipinski definition) is 2. The summed E-state index contributed by atoms with van der Waals surface area (Å²) in [6.07, 6.45) is 3.50. The molecule has 1 amide bonds. The maximum absolute atomic E-state index is 13.1. The van der Waals surface area contributed by atoms with E-state index in [1.165, 1.54) is 12.1 Å². The Balaban J connectivity index is 1.66.